The molecule has 5 nitrogen and oxygen atoms in total. The van der Waals surface area contributed by atoms with Gasteiger partial charge in [-0.05, 0) is 68.4 Å². The van der Waals surface area contributed by atoms with Crippen LogP contribution in [0.4, 0.5) is 5.82 Å². The highest BCUT2D eigenvalue weighted by molar-refractivity contribution is 5.83. The zero-order valence-corrected chi connectivity index (χ0v) is 15.2. The lowest BCUT2D eigenvalue weighted by molar-refractivity contribution is -0.158. The summed E-state index contributed by atoms with van der Waals surface area (Å²) in [6.45, 7) is 3.25. The van der Waals surface area contributed by atoms with Gasteiger partial charge in [0.25, 0.3) is 0 Å². The number of pyridine rings is 1. The fourth-order valence-corrected chi connectivity index (χ4v) is 6.49. The lowest BCUT2D eigenvalue weighted by atomic mass is 9.49. The summed E-state index contributed by atoms with van der Waals surface area (Å²) in [6, 6.07) is 5.83. The molecule has 6 rings (SSSR count). The van der Waals surface area contributed by atoms with Crippen LogP contribution in [-0.4, -0.2) is 42.0 Å². The van der Waals surface area contributed by atoms with Gasteiger partial charge in [0.15, 0.2) is 0 Å². The molecule has 2 heterocycles. The van der Waals surface area contributed by atoms with Crippen molar-refractivity contribution in [3.63, 3.8) is 0 Å². The molecule has 5 heteroatoms. The molecule has 1 aromatic rings. The molecule has 4 bridgehead atoms. The zero-order valence-electron chi connectivity index (χ0n) is 15.2. The summed E-state index contributed by atoms with van der Waals surface area (Å²) in [6.07, 6.45) is 9.21. The molecular weight excluding hydrogens is 324 g/mol. The maximum absolute atomic E-state index is 13.4. The van der Waals surface area contributed by atoms with E-state index >= 15 is 0 Å². The summed E-state index contributed by atoms with van der Waals surface area (Å²) >= 11 is 0. The van der Waals surface area contributed by atoms with E-state index in [4.69, 9.17) is 5.26 Å². The van der Waals surface area contributed by atoms with Crippen LogP contribution in [0.15, 0.2) is 18.3 Å². The van der Waals surface area contributed by atoms with Crippen LogP contribution in [-0.2, 0) is 4.79 Å². The number of aromatic nitrogens is 1. The summed E-state index contributed by atoms with van der Waals surface area (Å²) in [7, 11) is 0. The molecule has 0 atom stereocenters. The Labute approximate surface area is 155 Å². The predicted molar refractivity (Wildman–Crippen MR) is 98.4 cm³/mol. The molecule has 4 saturated carbocycles. The maximum Gasteiger partial charge on any atom is 0.228 e. The minimum atomic E-state index is -0.0242. The van der Waals surface area contributed by atoms with Crippen molar-refractivity contribution in [2.75, 3.05) is 31.1 Å². The van der Waals surface area contributed by atoms with Crippen molar-refractivity contribution in [3.05, 3.63) is 23.9 Å². The molecule has 5 aliphatic rings. The highest BCUT2D eigenvalue weighted by Gasteiger charge is 2.55. The van der Waals surface area contributed by atoms with Gasteiger partial charge >= 0.3 is 0 Å². The van der Waals surface area contributed by atoms with Gasteiger partial charge in [-0.2, -0.15) is 5.26 Å². The number of carbonyl (C=O) groups excluding carboxylic acids is 1. The Hall–Kier alpha value is -2.09. The summed E-state index contributed by atoms with van der Waals surface area (Å²) in [5.41, 5.74) is 0.563. The molecule has 4 aliphatic carbocycles. The minimum absolute atomic E-state index is 0.0242. The molecule has 5 fully saturated rings. The lowest BCUT2D eigenvalue weighted by Crippen LogP contribution is -2.58. The summed E-state index contributed by atoms with van der Waals surface area (Å²) in [4.78, 5) is 22.2. The van der Waals surface area contributed by atoms with Crippen LogP contribution in [0.5, 0.6) is 0 Å². The number of hydrogen-bond acceptors (Lipinski definition) is 4. The van der Waals surface area contributed by atoms with E-state index in [-0.39, 0.29) is 5.41 Å². The van der Waals surface area contributed by atoms with Gasteiger partial charge in [0.2, 0.25) is 5.91 Å². The lowest BCUT2D eigenvalue weighted by Gasteiger charge is -2.57. The van der Waals surface area contributed by atoms with Crippen molar-refractivity contribution < 1.29 is 4.79 Å². The molecule has 0 spiro atoms. The van der Waals surface area contributed by atoms with E-state index in [9.17, 15) is 4.79 Å². The third kappa shape index (κ3) is 2.58. The van der Waals surface area contributed by atoms with Crippen molar-refractivity contribution in [1.29, 1.82) is 5.26 Å². The summed E-state index contributed by atoms with van der Waals surface area (Å²) in [5.74, 6) is 3.80. The Kier molecular flexibility index (Phi) is 3.70. The molecule has 1 aromatic heterocycles. The van der Waals surface area contributed by atoms with Crippen LogP contribution in [0.1, 0.15) is 44.1 Å². The van der Waals surface area contributed by atoms with Crippen molar-refractivity contribution >= 4 is 11.7 Å². The van der Waals surface area contributed by atoms with Crippen molar-refractivity contribution in [2.24, 2.45) is 23.2 Å². The van der Waals surface area contributed by atoms with Gasteiger partial charge in [-0.3, -0.25) is 4.79 Å². The van der Waals surface area contributed by atoms with Gasteiger partial charge in [-0.25, -0.2) is 4.98 Å². The molecule has 136 valence electrons. The SMILES string of the molecule is N#Cc1ccc(N2CCN(C(=O)C34CC5CC(CC(C5)C3)C4)CC2)nc1. The molecule has 26 heavy (non-hydrogen) atoms. The number of hydrogen-bond donors (Lipinski definition) is 0. The van der Waals surface area contributed by atoms with Crippen LogP contribution in [0, 0.1) is 34.5 Å². The third-order valence-electron chi connectivity index (χ3n) is 7.26. The Balaban J connectivity index is 1.25. The van der Waals surface area contributed by atoms with Gasteiger partial charge in [0, 0.05) is 32.4 Å². The second-order valence-electron chi connectivity index (χ2n) is 8.99. The fourth-order valence-electron chi connectivity index (χ4n) is 6.49. The molecule has 0 radical (unpaired) electrons. The highest BCUT2D eigenvalue weighted by atomic mass is 16.2. The summed E-state index contributed by atoms with van der Waals surface area (Å²) in [5, 5.41) is 8.90. The third-order valence-corrected chi connectivity index (χ3v) is 7.26. The number of piperazine rings is 1. The standard InChI is InChI=1S/C21H26N4O/c22-13-15-1-2-19(23-14-15)24-3-5-25(6-4-24)20(26)21-10-16-7-17(11-21)9-18(8-16)12-21/h1-2,14,16-18H,3-12H2. The molecule has 0 N–H and O–H groups in total. The van der Waals surface area contributed by atoms with Crippen LogP contribution in [0.2, 0.25) is 0 Å². The first-order valence-electron chi connectivity index (χ1n) is 10.1. The number of nitriles is 1. The number of anilines is 1. The van der Waals surface area contributed by atoms with E-state index in [1.54, 1.807) is 6.20 Å². The van der Waals surface area contributed by atoms with E-state index < -0.39 is 0 Å². The second kappa shape index (κ2) is 5.97. The minimum Gasteiger partial charge on any atom is -0.353 e. The van der Waals surface area contributed by atoms with E-state index in [1.165, 1.54) is 19.3 Å². The van der Waals surface area contributed by atoms with Gasteiger partial charge < -0.3 is 9.80 Å². The van der Waals surface area contributed by atoms with Crippen molar-refractivity contribution in [3.8, 4) is 6.07 Å². The van der Waals surface area contributed by atoms with Gasteiger partial charge in [-0.1, -0.05) is 0 Å². The number of amides is 1. The predicted octanol–water partition coefficient (Wildman–Crippen LogP) is 2.82. The highest BCUT2D eigenvalue weighted by Crippen LogP contribution is 2.60. The van der Waals surface area contributed by atoms with Crippen molar-refractivity contribution in [2.45, 2.75) is 38.5 Å². The molecule has 0 aromatic carbocycles. The van der Waals surface area contributed by atoms with Crippen molar-refractivity contribution in [1.82, 2.24) is 9.88 Å². The average molecular weight is 350 g/mol. The van der Waals surface area contributed by atoms with E-state index in [1.807, 2.05) is 12.1 Å². The topological polar surface area (TPSA) is 60.2 Å². The van der Waals surface area contributed by atoms with Crippen LogP contribution < -0.4 is 4.90 Å². The van der Waals surface area contributed by atoms with Gasteiger partial charge in [0.05, 0.1) is 11.0 Å². The Morgan fingerprint density at radius 1 is 1.04 bits per heavy atom. The van der Waals surface area contributed by atoms with E-state index in [0.717, 1.165) is 69.0 Å². The first kappa shape index (κ1) is 16.1. The zero-order chi connectivity index (χ0) is 17.7. The van der Waals surface area contributed by atoms with E-state index in [2.05, 4.69) is 20.9 Å². The number of carbonyl (C=O) groups is 1. The maximum atomic E-state index is 13.4. The molecular formula is C21H26N4O. The Bertz CT molecular complexity index is 707. The monoisotopic (exact) mass is 350 g/mol. The normalized spacial score (nSPS) is 35.4. The van der Waals surface area contributed by atoms with Crippen LogP contribution >= 0.6 is 0 Å². The second-order valence-corrected chi connectivity index (χ2v) is 8.99. The van der Waals surface area contributed by atoms with Crippen LogP contribution in [0.3, 0.4) is 0 Å². The fraction of sp³-hybridized carbons (Fsp3) is 0.667. The molecule has 1 amide bonds. The average Bonchev–Trinajstić information content (AvgIpc) is 2.67. The Morgan fingerprint density at radius 3 is 2.15 bits per heavy atom. The smallest absolute Gasteiger partial charge is 0.228 e. The number of rotatable bonds is 2. The summed E-state index contributed by atoms with van der Waals surface area (Å²) < 4.78 is 0. The Morgan fingerprint density at radius 2 is 1.65 bits per heavy atom. The van der Waals surface area contributed by atoms with Crippen LogP contribution in [0.25, 0.3) is 0 Å². The largest absolute Gasteiger partial charge is 0.353 e. The van der Waals surface area contributed by atoms with Gasteiger partial charge in [-0.15, -0.1) is 0 Å². The number of nitrogens with zero attached hydrogens (tertiary/aromatic N) is 4. The quantitative estimate of drug-likeness (QED) is 0.823. The molecule has 0 unspecified atom stereocenters. The molecule has 1 aliphatic heterocycles. The van der Waals surface area contributed by atoms with Gasteiger partial charge in [0.1, 0.15) is 11.9 Å². The first-order valence-corrected chi connectivity index (χ1v) is 10.1. The first-order chi connectivity index (χ1) is 12.6. The van der Waals surface area contributed by atoms with E-state index in [0.29, 0.717) is 11.5 Å². The molecule has 1 saturated heterocycles.